The van der Waals surface area contributed by atoms with Crippen LogP contribution in [0.2, 0.25) is 5.02 Å². The number of hydrogen-bond donors (Lipinski definition) is 1. The van der Waals surface area contributed by atoms with Gasteiger partial charge in [-0.25, -0.2) is 0 Å². The molecule has 0 aromatic heterocycles. The van der Waals surface area contributed by atoms with Crippen LogP contribution in [0.3, 0.4) is 0 Å². The maximum atomic E-state index is 12.3. The third-order valence-electron chi connectivity index (χ3n) is 3.65. The number of benzene rings is 2. The molecule has 0 unspecified atom stereocenters. The summed E-state index contributed by atoms with van der Waals surface area (Å²) < 4.78 is 5.80. The van der Waals surface area contributed by atoms with Gasteiger partial charge in [0.25, 0.3) is 5.91 Å². The van der Waals surface area contributed by atoms with E-state index in [0.29, 0.717) is 18.0 Å². The van der Waals surface area contributed by atoms with E-state index in [1.165, 1.54) is 5.56 Å². The van der Waals surface area contributed by atoms with Gasteiger partial charge >= 0.3 is 0 Å². The minimum Gasteiger partial charge on any atom is -0.481 e. The van der Waals surface area contributed by atoms with Gasteiger partial charge in [-0.2, -0.15) is 0 Å². The fourth-order valence-electron chi connectivity index (χ4n) is 2.20. The number of hydrogen-bond acceptors (Lipinski definition) is 2. The van der Waals surface area contributed by atoms with Crippen molar-refractivity contribution in [3.8, 4) is 5.75 Å². The molecule has 3 nitrogen and oxygen atoms in total. The summed E-state index contributed by atoms with van der Waals surface area (Å²) in [5, 5.41) is 3.59. The van der Waals surface area contributed by atoms with Crippen LogP contribution in [0, 0.1) is 0 Å². The first-order valence-corrected chi connectivity index (χ1v) is 8.28. The summed E-state index contributed by atoms with van der Waals surface area (Å²) in [7, 11) is 0. The maximum absolute atomic E-state index is 12.3. The van der Waals surface area contributed by atoms with Crippen LogP contribution in [-0.4, -0.2) is 12.0 Å². The van der Waals surface area contributed by atoms with E-state index < -0.39 is 6.10 Å². The van der Waals surface area contributed by atoms with Gasteiger partial charge in [-0.3, -0.25) is 4.79 Å². The topological polar surface area (TPSA) is 38.3 Å². The van der Waals surface area contributed by atoms with Gasteiger partial charge < -0.3 is 10.1 Å². The van der Waals surface area contributed by atoms with Crippen LogP contribution in [-0.2, 0) is 17.8 Å². The van der Waals surface area contributed by atoms with Crippen molar-refractivity contribution in [2.24, 2.45) is 0 Å². The summed E-state index contributed by atoms with van der Waals surface area (Å²) in [5.41, 5.74) is 2.25. The molecule has 0 radical (unpaired) electrons. The molecule has 1 N–H and O–H groups in total. The lowest BCUT2D eigenvalue weighted by atomic mass is 10.1. The van der Waals surface area contributed by atoms with Crippen molar-refractivity contribution < 1.29 is 9.53 Å². The normalized spacial score (nSPS) is 11.8. The third kappa shape index (κ3) is 5.29. The number of rotatable bonds is 7. The van der Waals surface area contributed by atoms with Gasteiger partial charge in [-0.15, -0.1) is 0 Å². The summed E-state index contributed by atoms with van der Waals surface area (Å²) in [6, 6.07) is 15.3. The summed E-state index contributed by atoms with van der Waals surface area (Å²) in [5.74, 6) is 0.609. The van der Waals surface area contributed by atoms with Crippen LogP contribution in [0.1, 0.15) is 31.4 Å². The number of aryl methyl sites for hydroxylation is 1. The fourth-order valence-corrected chi connectivity index (χ4v) is 2.32. The average molecular weight is 332 g/mol. The zero-order valence-corrected chi connectivity index (χ0v) is 14.3. The van der Waals surface area contributed by atoms with Gasteiger partial charge in [0, 0.05) is 11.6 Å². The third-order valence-corrected chi connectivity index (χ3v) is 3.91. The predicted molar refractivity (Wildman–Crippen MR) is 93.8 cm³/mol. The summed E-state index contributed by atoms with van der Waals surface area (Å²) in [4.78, 5) is 12.3. The molecule has 23 heavy (non-hydrogen) atoms. The highest BCUT2D eigenvalue weighted by Gasteiger charge is 2.17. The highest BCUT2D eigenvalue weighted by molar-refractivity contribution is 6.30. The zero-order chi connectivity index (χ0) is 16.7. The SMILES string of the molecule is CCc1ccc(O[C@@H](CC)C(=O)NCc2ccc(Cl)cc2)cc1. The molecule has 0 aliphatic heterocycles. The molecule has 0 aliphatic carbocycles. The molecule has 0 spiro atoms. The van der Waals surface area contributed by atoms with Crippen LogP contribution >= 0.6 is 11.6 Å². The number of carbonyl (C=O) groups excluding carboxylic acids is 1. The Morgan fingerprint density at radius 2 is 1.65 bits per heavy atom. The summed E-state index contributed by atoms with van der Waals surface area (Å²) >= 11 is 5.85. The number of amides is 1. The van der Waals surface area contributed by atoms with Gasteiger partial charge in [-0.05, 0) is 48.2 Å². The molecule has 1 atom stereocenters. The van der Waals surface area contributed by atoms with Crippen molar-refractivity contribution in [2.45, 2.75) is 39.3 Å². The van der Waals surface area contributed by atoms with Crippen molar-refractivity contribution in [3.63, 3.8) is 0 Å². The second-order valence-electron chi connectivity index (χ2n) is 5.36. The van der Waals surface area contributed by atoms with Crippen LogP contribution in [0.4, 0.5) is 0 Å². The van der Waals surface area contributed by atoms with E-state index in [9.17, 15) is 4.79 Å². The van der Waals surface area contributed by atoms with E-state index in [1.807, 2.05) is 55.5 Å². The first-order valence-electron chi connectivity index (χ1n) is 7.90. The Morgan fingerprint density at radius 1 is 1.04 bits per heavy atom. The minimum atomic E-state index is -0.491. The molecule has 0 saturated carbocycles. The Labute approximate surface area is 142 Å². The highest BCUT2D eigenvalue weighted by Crippen LogP contribution is 2.16. The molecule has 0 saturated heterocycles. The molecule has 0 heterocycles. The van der Waals surface area contributed by atoms with E-state index in [1.54, 1.807) is 0 Å². The molecular formula is C19H22ClNO2. The van der Waals surface area contributed by atoms with Gasteiger partial charge in [0.15, 0.2) is 6.10 Å². The Balaban J connectivity index is 1.90. The van der Waals surface area contributed by atoms with E-state index >= 15 is 0 Å². The Bertz CT molecular complexity index is 623. The van der Waals surface area contributed by atoms with Crippen molar-refractivity contribution in [2.75, 3.05) is 0 Å². The number of nitrogens with one attached hydrogen (secondary N) is 1. The molecular weight excluding hydrogens is 310 g/mol. The number of ether oxygens (including phenoxy) is 1. The molecule has 2 rings (SSSR count). The first kappa shape index (κ1) is 17.4. The van der Waals surface area contributed by atoms with Gasteiger partial charge in [0.1, 0.15) is 5.75 Å². The van der Waals surface area contributed by atoms with Crippen molar-refractivity contribution in [3.05, 3.63) is 64.7 Å². The standard InChI is InChI=1S/C19H22ClNO2/c1-3-14-7-11-17(12-8-14)23-18(4-2)19(22)21-13-15-5-9-16(20)10-6-15/h5-12,18H,3-4,13H2,1-2H3,(H,21,22)/t18-/m0/s1. The van der Waals surface area contributed by atoms with E-state index in [2.05, 4.69) is 12.2 Å². The second kappa shape index (κ2) is 8.59. The molecule has 4 heteroatoms. The fraction of sp³-hybridized carbons (Fsp3) is 0.316. The quantitative estimate of drug-likeness (QED) is 0.817. The van der Waals surface area contributed by atoms with Crippen molar-refractivity contribution >= 4 is 17.5 Å². The number of carbonyl (C=O) groups is 1. The minimum absolute atomic E-state index is 0.109. The second-order valence-corrected chi connectivity index (χ2v) is 5.79. The summed E-state index contributed by atoms with van der Waals surface area (Å²) in [6.45, 7) is 4.51. The Kier molecular flexibility index (Phi) is 6.48. The molecule has 0 bridgehead atoms. The van der Waals surface area contributed by atoms with Crippen molar-refractivity contribution in [1.82, 2.24) is 5.32 Å². The molecule has 0 aliphatic rings. The van der Waals surface area contributed by atoms with Crippen LogP contribution in [0.15, 0.2) is 48.5 Å². The maximum Gasteiger partial charge on any atom is 0.261 e. The largest absolute Gasteiger partial charge is 0.481 e. The van der Waals surface area contributed by atoms with E-state index in [0.717, 1.165) is 17.7 Å². The Hall–Kier alpha value is -2.00. The van der Waals surface area contributed by atoms with Crippen molar-refractivity contribution in [1.29, 1.82) is 0 Å². The van der Waals surface area contributed by atoms with Gasteiger partial charge in [-0.1, -0.05) is 49.7 Å². The molecule has 1 amide bonds. The average Bonchev–Trinajstić information content (AvgIpc) is 2.59. The van der Waals surface area contributed by atoms with E-state index in [4.69, 9.17) is 16.3 Å². The molecule has 2 aromatic rings. The van der Waals surface area contributed by atoms with Gasteiger partial charge in [0.05, 0.1) is 0 Å². The lowest BCUT2D eigenvalue weighted by molar-refractivity contribution is -0.128. The zero-order valence-electron chi connectivity index (χ0n) is 13.5. The lowest BCUT2D eigenvalue weighted by Gasteiger charge is -2.17. The first-order chi connectivity index (χ1) is 11.1. The lowest BCUT2D eigenvalue weighted by Crippen LogP contribution is -2.37. The smallest absolute Gasteiger partial charge is 0.261 e. The Morgan fingerprint density at radius 3 is 2.22 bits per heavy atom. The highest BCUT2D eigenvalue weighted by atomic mass is 35.5. The number of halogens is 1. The van der Waals surface area contributed by atoms with Crippen LogP contribution in [0.25, 0.3) is 0 Å². The monoisotopic (exact) mass is 331 g/mol. The van der Waals surface area contributed by atoms with Crippen LogP contribution in [0.5, 0.6) is 5.75 Å². The van der Waals surface area contributed by atoms with Gasteiger partial charge in [0.2, 0.25) is 0 Å². The summed E-state index contributed by atoms with van der Waals surface area (Å²) in [6.07, 6.45) is 1.11. The van der Waals surface area contributed by atoms with Crippen LogP contribution < -0.4 is 10.1 Å². The predicted octanol–water partition coefficient (Wildman–Crippen LogP) is 4.38. The molecule has 122 valence electrons. The van der Waals surface area contributed by atoms with E-state index in [-0.39, 0.29) is 5.91 Å². The molecule has 2 aromatic carbocycles. The molecule has 0 fully saturated rings.